The maximum Gasteiger partial charge on any atom is 0.0493 e. The summed E-state index contributed by atoms with van der Waals surface area (Å²) in [4.78, 5) is 2.47. The molecule has 0 saturated carbocycles. The lowest BCUT2D eigenvalue weighted by Gasteiger charge is -2.32. The van der Waals surface area contributed by atoms with Gasteiger partial charge in [-0.2, -0.15) is 0 Å². The van der Waals surface area contributed by atoms with E-state index in [1.807, 2.05) is 32.9 Å². The highest BCUT2D eigenvalue weighted by atomic mass is 15.2. The lowest BCUT2D eigenvalue weighted by molar-refractivity contribution is 0.393. The smallest absolute Gasteiger partial charge is 0.0493 e. The fourth-order valence-electron chi connectivity index (χ4n) is 5.66. The Hall–Kier alpha value is -4.10. The number of rotatable bonds is 21. The van der Waals surface area contributed by atoms with Gasteiger partial charge in [0.25, 0.3) is 0 Å². The molecule has 0 saturated heterocycles. The van der Waals surface area contributed by atoms with Crippen LogP contribution in [0.2, 0.25) is 0 Å². The maximum atomic E-state index is 3.78. The number of hydrogen-bond donors (Lipinski definition) is 0. The summed E-state index contributed by atoms with van der Waals surface area (Å²) in [6.45, 7) is 38.0. The third kappa shape index (κ3) is 25.7. The van der Waals surface area contributed by atoms with Crippen molar-refractivity contribution in [3.05, 3.63) is 163 Å². The minimum Gasteiger partial charge on any atom is -0.339 e. The van der Waals surface area contributed by atoms with Crippen LogP contribution in [0.3, 0.4) is 0 Å². The van der Waals surface area contributed by atoms with Gasteiger partial charge in [-0.05, 0) is 125 Å². The van der Waals surface area contributed by atoms with Crippen LogP contribution >= 0.6 is 0 Å². The second-order valence-corrected chi connectivity index (χ2v) is 14.7. The Morgan fingerprint density at radius 3 is 1.95 bits per heavy atom. The molecule has 0 heterocycles. The average Bonchev–Trinajstić information content (AvgIpc) is 3.23. The third-order valence-corrected chi connectivity index (χ3v) is 9.77. The first-order chi connectivity index (χ1) is 27.5. The van der Waals surface area contributed by atoms with Crippen molar-refractivity contribution in [3.63, 3.8) is 0 Å². The van der Waals surface area contributed by atoms with Gasteiger partial charge in [-0.25, -0.2) is 0 Å². The van der Waals surface area contributed by atoms with Crippen LogP contribution in [0.15, 0.2) is 157 Å². The monoisotopic (exact) mass is 774 g/mol. The highest BCUT2D eigenvalue weighted by molar-refractivity contribution is 5.88. The second kappa shape index (κ2) is 36.3. The maximum absolute atomic E-state index is 3.78. The quantitative estimate of drug-likeness (QED) is 0.0694. The molecular formula is C56H87N. The van der Waals surface area contributed by atoms with E-state index in [1.54, 1.807) is 0 Å². The Morgan fingerprint density at radius 2 is 1.42 bits per heavy atom. The topological polar surface area (TPSA) is 3.24 Å². The van der Waals surface area contributed by atoms with Crippen molar-refractivity contribution in [2.45, 2.75) is 161 Å². The summed E-state index contributed by atoms with van der Waals surface area (Å²) in [5, 5.41) is 2.55. The Balaban J connectivity index is 0. The highest BCUT2D eigenvalue weighted by Gasteiger charge is 2.16. The predicted molar refractivity (Wildman–Crippen MR) is 266 cm³/mol. The van der Waals surface area contributed by atoms with E-state index in [9.17, 15) is 0 Å². The van der Waals surface area contributed by atoms with Gasteiger partial charge in [-0.15, -0.1) is 0 Å². The van der Waals surface area contributed by atoms with Gasteiger partial charge in [0.2, 0.25) is 0 Å². The van der Waals surface area contributed by atoms with Crippen LogP contribution in [0, 0.1) is 11.8 Å². The van der Waals surface area contributed by atoms with Crippen LogP contribution in [-0.4, -0.2) is 10.9 Å². The molecule has 2 rings (SSSR count). The lowest BCUT2D eigenvalue weighted by atomic mass is 9.96. The molecule has 0 fully saturated rings. The van der Waals surface area contributed by atoms with Crippen molar-refractivity contribution in [2.24, 2.45) is 11.8 Å². The molecule has 0 aliphatic heterocycles. The molecule has 0 spiro atoms. The summed E-state index contributed by atoms with van der Waals surface area (Å²) in [5.74, 6) is 1.43. The summed E-state index contributed by atoms with van der Waals surface area (Å²) in [5.41, 5.74) is 7.60. The summed E-state index contributed by atoms with van der Waals surface area (Å²) in [6.07, 6.45) is 39.1. The van der Waals surface area contributed by atoms with Gasteiger partial charge in [0.05, 0.1) is 0 Å². The van der Waals surface area contributed by atoms with Gasteiger partial charge < -0.3 is 4.90 Å². The summed E-state index contributed by atoms with van der Waals surface area (Å²) in [6, 6.07) is 15.7. The number of fused-ring (bicyclic) bond motifs is 1. The van der Waals surface area contributed by atoms with Gasteiger partial charge in [0.1, 0.15) is 0 Å². The molecule has 2 aromatic rings. The SMILES string of the molecule is C=C(C)C/C=C\CC.C=C/C=C\CCCC(/C=C\C(C)N(/C(C)=C/C(=C\C(C)CC)c1ccc2ccccc2c1)C(/C=C\CC)=C/C)=C/C.CC.CCC(C)CC. The van der Waals surface area contributed by atoms with Crippen molar-refractivity contribution < 1.29 is 0 Å². The zero-order valence-electron chi connectivity index (χ0n) is 39.5. The van der Waals surface area contributed by atoms with E-state index >= 15 is 0 Å². The molecule has 0 bridgehead atoms. The zero-order chi connectivity index (χ0) is 43.4. The number of nitrogens with zero attached hydrogens (tertiary/aromatic N) is 1. The van der Waals surface area contributed by atoms with Crippen molar-refractivity contribution in [1.82, 2.24) is 4.90 Å². The van der Waals surface area contributed by atoms with E-state index in [4.69, 9.17) is 0 Å². The molecule has 316 valence electrons. The van der Waals surface area contributed by atoms with Crippen molar-refractivity contribution in [3.8, 4) is 0 Å². The molecular weight excluding hydrogens is 687 g/mol. The van der Waals surface area contributed by atoms with Crippen LogP contribution in [-0.2, 0) is 0 Å². The zero-order valence-corrected chi connectivity index (χ0v) is 39.5. The summed E-state index contributed by atoms with van der Waals surface area (Å²) in [7, 11) is 0. The Kier molecular flexibility index (Phi) is 35.0. The van der Waals surface area contributed by atoms with E-state index in [2.05, 4.69) is 204 Å². The summed E-state index contributed by atoms with van der Waals surface area (Å²) >= 11 is 0. The fourth-order valence-corrected chi connectivity index (χ4v) is 5.66. The van der Waals surface area contributed by atoms with E-state index in [0.717, 1.165) is 50.9 Å². The molecule has 0 aliphatic rings. The Morgan fingerprint density at radius 1 is 0.772 bits per heavy atom. The van der Waals surface area contributed by atoms with Crippen LogP contribution < -0.4 is 0 Å². The number of benzene rings is 2. The van der Waals surface area contributed by atoms with E-state index in [-0.39, 0.29) is 6.04 Å². The van der Waals surface area contributed by atoms with E-state index in [0.29, 0.717) is 5.92 Å². The first-order valence-corrected chi connectivity index (χ1v) is 22.4. The van der Waals surface area contributed by atoms with Crippen LogP contribution in [0.1, 0.15) is 160 Å². The molecule has 1 nitrogen and oxygen atoms in total. The number of allylic oxidation sites excluding steroid dienone is 16. The van der Waals surface area contributed by atoms with Gasteiger partial charge in [-0.3, -0.25) is 0 Å². The molecule has 0 amide bonds. The van der Waals surface area contributed by atoms with E-state index < -0.39 is 0 Å². The summed E-state index contributed by atoms with van der Waals surface area (Å²) < 4.78 is 0. The van der Waals surface area contributed by atoms with Crippen molar-refractivity contribution in [2.75, 3.05) is 0 Å². The van der Waals surface area contributed by atoms with Gasteiger partial charge in [0.15, 0.2) is 0 Å². The minimum absolute atomic E-state index is 0.191. The largest absolute Gasteiger partial charge is 0.339 e. The van der Waals surface area contributed by atoms with Crippen LogP contribution in [0.4, 0.5) is 0 Å². The molecule has 57 heavy (non-hydrogen) atoms. The molecule has 0 radical (unpaired) electrons. The third-order valence-electron chi connectivity index (χ3n) is 9.77. The first-order valence-electron chi connectivity index (χ1n) is 22.4. The molecule has 0 aromatic heterocycles. The number of unbranched alkanes of at least 4 members (excludes halogenated alkanes) is 1. The average molecular weight is 774 g/mol. The van der Waals surface area contributed by atoms with Crippen LogP contribution in [0.25, 0.3) is 16.3 Å². The molecule has 2 atom stereocenters. The van der Waals surface area contributed by atoms with E-state index in [1.165, 1.54) is 57.3 Å². The Bertz CT molecular complexity index is 1590. The molecule has 0 N–H and O–H groups in total. The van der Waals surface area contributed by atoms with Crippen LogP contribution in [0.5, 0.6) is 0 Å². The Labute approximate surface area is 355 Å². The first kappa shape index (κ1) is 55.0. The lowest BCUT2D eigenvalue weighted by Crippen LogP contribution is -2.29. The number of hydrogen-bond acceptors (Lipinski definition) is 1. The highest BCUT2D eigenvalue weighted by Crippen LogP contribution is 2.28. The minimum atomic E-state index is 0.191. The molecule has 0 aliphatic carbocycles. The van der Waals surface area contributed by atoms with Gasteiger partial charge in [-0.1, -0.05) is 209 Å². The van der Waals surface area contributed by atoms with Crippen molar-refractivity contribution in [1.29, 1.82) is 0 Å². The normalized spacial score (nSPS) is 13.7. The molecule has 2 unspecified atom stereocenters. The molecule has 1 heteroatoms. The standard InChI is InChI=1S/C40H53N.C8H14.C6H14.C2H6/c1-9-14-16-17-18-21-35(12-4)26-25-33(7)41(40(13-5)24-15-10-2)34(8)30-39(29-32(6)11-3)38-28-27-36-22-19-20-23-37(36)31-38;1-4-5-6-7-8(2)3;1-4-6(3)5-2;1-2/h9,12-16,19-20,22-33H,1,10-11,17-18,21H2,2-8H3;5-6H,2,4,7H2,1,3H3;6H,4-5H2,1-3H3;1-2H3/b16-14-,24-15-,26-25-,34-30+,35-12-,39-29+,40-13+;6-5-;;. The van der Waals surface area contributed by atoms with Gasteiger partial charge in [0, 0.05) is 17.4 Å². The van der Waals surface area contributed by atoms with Gasteiger partial charge >= 0.3 is 0 Å². The van der Waals surface area contributed by atoms with Crippen molar-refractivity contribution >= 4 is 16.3 Å². The predicted octanol–water partition coefficient (Wildman–Crippen LogP) is 18.5. The fraction of sp³-hybridized carbons (Fsp3) is 0.464. The second-order valence-electron chi connectivity index (χ2n) is 14.7. The molecule has 2 aromatic carbocycles.